The average molecular weight is 290 g/mol. The van der Waals surface area contributed by atoms with Gasteiger partial charge in [-0.25, -0.2) is 0 Å². The van der Waals surface area contributed by atoms with Crippen LogP contribution in [0.2, 0.25) is 0 Å². The Morgan fingerprint density at radius 2 is 1.52 bits per heavy atom. The summed E-state index contributed by atoms with van der Waals surface area (Å²) in [5, 5.41) is 3.56. The summed E-state index contributed by atoms with van der Waals surface area (Å²) in [5.41, 5.74) is 1.14. The van der Waals surface area contributed by atoms with Gasteiger partial charge >= 0.3 is 0 Å². The van der Waals surface area contributed by atoms with Crippen LogP contribution in [0.25, 0.3) is 0 Å². The van der Waals surface area contributed by atoms with E-state index in [4.69, 9.17) is 0 Å². The van der Waals surface area contributed by atoms with Crippen molar-refractivity contribution < 1.29 is 0 Å². The SMILES string of the molecule is CCCCCCCCCCCCNC(C)c1ccccn1. The third-order valence-corrected chi connectivity index (χ3v) is 4.11. The first-order chi connectivity index (χ1) is 10.3. The second-order valence-corrected chi connectivity index (χ2v) is 6.11. The van der Waals surface area contributed by atoms with Gasteiger partial charge < -0.3 is 5.32 Å². The van der Waals surface area contributed by atoms with Crippen LogP contribution in [0.4, 0.5) is 0 Å². The van der Waals surface area contributed by atoms with Crippen LogP contribution in [0, 0.1) is 0 Å². The maximum absolute atomic E-state index is 4.39. The molecule has 21 heavy (non-hydrogen) atoms. The third kappa shape index (κ3) is 9.62. The fourth-order valence-corrected chi connectivity index (χ4v) is 2.67. The van der Waals surface area contributed by atoms with Crippen molar-refractivity contribution in [2.45, 2.75) is 84.1 Å². The molecule has 1 aromatic heterocycles. The van der Waals surface area contributed by atoms with E-state index in [9.17, 15) is 0 Å². The summed E-state index contributed by atoms with van der Waals surface area (Å²) in [6.45, 7) is 5.58. The maximum atomic E-state index is 4.39. The highest BCUT2D eigenvalue weighted by atomic mass is 14.9. The average Bonchev–Trinajstić information content (AvgIpc) is 2.53. The van der Waals surface area contributed by atoms with E-state index < -0.39 is 0 Å². The summed E-state index contributed by atoms with van der Waals surface area (Å²) in [5.74, 6) is 0. The van der Waals surface area contributed by atoms with Crippen molar-refractivity contribution in [1.29, 1.82) is 0 Å². The Bertz CT molecular complexity index is 324. The molecule has 0 radical (unpaired) electrons. The van der Waals surface area contributed by atoms with E-state index in [1.807, 2.05) is 12.3 Å². The summed E-state index contributed by atoms with van der Waals surface area (Å²) < 4.78 is 0. The van der Waals surface area contributed by atoms with Gasteiger partial charge in [-0.3, -0.25) is 4.98 Å². The van der Waals surface area contributed by atoms with Gasteiger partial charge in [0, 0.05) is 12.2 Å². The normalized spacial score (nSPS) is 12.5. The van der Waals surface area contributed by atoms with Crippen molar-refractivity contribution in [3.63, 3.8) is 0 Å². The van der Waals surface area contributed by atoms with Crippen molar-refractivity contribution >= 4 is 0 Å². The molecule has 0 aliphatic carbocycles. The molecule has 1 rings (SSSR count). The molecule has 0 amide bonds. The summed E-state index contributed by atoms with van der Waals surface area (Å²) in [4.78, 5) is 4.39. The quantitative estimate of drug-likeness (QED) is 0.475. The predicted octanol–water partition coefficient (Wildman–Crippen LogP) is 5.65. The minimum absolute atomic E-state index is 0.366. The summed E-state index contributed by atoms with van der Waals surface area (Å²) in [7, 11) is 0. The molecule has 0 spiro atoms. The molecule has 120 valence electrons. The van der Waals surface area contributed by atoms with E-state index in [0.717, 1.165) is 12.2 Å². The van der Waals surface area contributed by atoms with Crippen LogP contribution in [0.15, 0.2) is 24.4 Å². The first kappa shape index (κ1) is 18.2. The molecule has 1 atom stereocenters. The molecule has 1 aromatic rings. The van der Waals surface area contributed by atoms with Gasteiger partial charge in [0.1, 0.15) is 0 Å². The third-order valence-electron chi connectivity index (χ3n) is 4.11. The maximum Gasteiger partial charge on any atom is 0.0570 e. The zero-order valence-electron chi connectivity index (χ0n) is 14.1. The van der Waals surface area contributed by atoms with Gasteiger partial charge in [0.25, 0.3) is 0 Å². The Balaban J connectivity index is 1.86. The minimum Gasteiger partial charge on any atom is -0.309 e. The molecule has 2 heteroatoms. The molecular formula is C19H34N2. The van der Waals surface area contributed by atoms with Crippen LogP contribution in [0.3, 0.4) is 0 Å². The lowest BCUT2D eigenvalue weighted by Crippen LogP contribution is -2.20. The first-order valence-electron chi connectivity index (χ1n) is 8.99. The Morgan fingerprint density at radius 1 is 0.905 bits per heavy atom. The van der Waals surface area contributed by atoms with Gasteiger partial charge in [-0.2, -0.15) is 0 Å². The van der Waals surface area contributed by atoms with Gasteiger partial charge in [-0.05, 0) is 32.0 Å². The Hall–Kier alpha value is -0.890. The zero-order valence-corrected chi connectivity index (χ0v) is 14.1. The molecule has 0 fully saturated rings. The molecule has 0 aliphatic rings. The van der Waals surface area contributed by atoms with E-state index >= 15 is 0 Å². The predicted molar refractivity (Wildman–Crippen MR) is 92.5 cm³/mol. The van der Waals surface area contributed by atoms with Crippen molar-refractivity contribution in [2.24, 2.45) is 0 Å². The molecule has 1 unspecified atom stereocenters. The number of pyridine rings is 1. The van der Waals surface area contributed by atoms with Gasteiger partial charge in [0.05, 0.1) is 5.69 Å². The number of unbranched alkanes of at least 4 members (excludes halogenated alkanes) is 9. The lowest BCUT2D eigenvalue weighted by molar-refractivity contribution is 0.513. The standard InChI is InChI=1S/C19H34N2/c1-3-4-5-6-7-8-9-10-11-13-16-20-18(2)19-15-12-14-17-21-19/h12,14-15,17-18,20H,3-11,13,16H2,1-2H3. The Kier molecular flexibility index (Phi) is 11.1. The number of aromatic nitrogens is 1. The number of rotatable bonds is 13. The van der Waals surface area contributed by atoms with E-state index in [1.165, 1.54) is 64.2 Å². The summed E-state index contributed by atoms with van der Waals surface area (Å²) in [6.07, 6.45) is 15.8. The minimum atomic E-state index is 0.366. The van der Waals surface area contributed by atoms with Crippen LogP contribution in [-0.2, 0) is 0 Å². The fourth-order valence-electron chi connectivity index (χ4n) is 2.67. The first-order valence-corrected chi connectivity index (χ1v) is 8.99. The number of hydrogen-bond donors (Lipinski definition) is 1. The van der Waals surface area contributed by atoms with Crippen molar-refractivity contribution in [2.75, 3.05) is 6.54 Å². The largest absolute Gasteiger partial charge is 0.309 e. The smallest absolute Gasteiger partial charge is 0.0570 e. The number of hydrogen-bond acceptors (Lipinski definition) is 2. The van der Waals surface area contributed by atoms with Crippen LogP contribution in [0.5, 0.6) is 0 Å². The van der Waals surface area contributed by atoms with E-state index in [1.54, 1.807) is 0 Å². The Labute approximate surface area is 131 Å². The lowest BCUT2D eigenvalue weighted by Gasteiger charge is -2.12. The second kappa shape index (κ2) is 12.8. The molecule has 1 heterocycles. The molecule has 0 aromatic carbocycles. The van der Waals surface area contributed by atoms with Gasteiger partial charge in [-0.15, -0.1) is 0 Å². The van der Waals surface area contributed by atoms with Gasteiger partial charge in [0.2, 0.25) is 0 Å². The van der Waals surface area contributed by atoms with Crippen molar-refractivity contribution in [3.05, 3.63) is 30.1 Å². The molecule has 0 saturated heterocycles. The number of nitrogens with zero attached hydrogens (tertiary/aromatic N) is 1. The highest BCUT2D eigenvalue weighted by Crippen LogP contribution is 2.11. The second-order valence-electron chi connectivity index (χ2n) is 6.11. The van der Waals surface area contributed by atoms with E-state index in [2.05, 4.69) is 36.3 Å². The highest BCUT2D eigenvalue weighted by Gasteiger charge is 2.03. The lowest BCUT2D eigenvalue weighted by atomic mass is 10.1. The van der Waals surface area contributed by atoms with E-state index in [0.29, 0.717) is 6.04 Å². The summed E-state index contributed by atoms with van der Waals surface area (Å²) in [6, 6.07) is 6.49. The topological polar surface area (TPSA) is 24.9 Å². The van der Waals surface area contributed by atoms with Crippen molar-refractivity contribution in [1.82, 2.24) is 10.3 Å². The highest BCUT2D eigenvalue weighted by molar-refractivity contribution is 5.07. The zero-order chi connectivity index (χ0) is 15.2. The molecule has 1 N–H and O–H groups in total. The van der Waals surface area contributed by atoms with Crippen LogP contribution in [0.1, 0.15) is 89.8 Å². The molecule has 0 bridgehead atoms. The Morgan fingerprint density at radius 3 is 2.10 bits per heavy atom. The van der Waals surface area contributed by atoms with E-state index in [-0.39, 0.29) is 0 Å². The van der Waals surface area contributed by atoms with Crippen LogP contribution < -0.4 is 5.32 Å². The van der Waals surface area contributed by atoms with Crippen molar-refractivity contribution in [3.8, 4) is 0 Å². The molecule has 2 nitrogen and oxygen atoms in total. The molecule has 0 saturated carbocycles. The fraction of sp³-hybridized carbons (Fsp3) is 0.737. The molecular weight excluding hydrogens is 256 g/mol. The monoisotopic (exact) mass is 290 g/mol. The summed E-state index contributed by atoms with van der Waals surface area (Å²) >= 11 is 0. The van der Waals surface area contributed by atoms with Gasteiger partial charge in [-0.1, -0.05) is 70.8 Å². The van der Waals surface area contributed by atoms with Gasteiger partial charge in [0.15, 0.2) is 0 Å². The molecule has 0 aliphatic heterocycles. The van der Waals surface area contributed by atoms with Crippen LogP contribution >= 0.6 is 0 Å². The number of nitrogens with one attached hydrogen (secondary N) is 1. The van der Waals surface area contributed by atoms with Crippen LogP contribution in [-0.4, -0.2) is 11.5 Å².